The first kappa shape index (κ1) is 14.1. The Balaban J connectivity index is 1.81. The molecule has 0 radical (unpaired) electrons. The maximum Gasteiger partial charge on any atom is 0.228 e. The molecule has 0 saturated carbocycles. The second-order valence-electron chi connectivity index (χ2n) is 4.84. The molecule has 1 aromatic heterocycles. The van der Waals surface area contributed by atoms with Gasteiger partial charge in [-0.25, -0.2) is 8.78 Å². The molecule has 0 unspecified atom stereocenters. The fourth-order valence-corrected chi connectivity index (χ4v) is 2.27. The van der Waals surface area contributed by atoms with Crippen molar-refractivity contribution in [1.82, 2.24) is 4.98 Å². The first-order valence-electron chi connectivity index (χ1n) is 6.71. The van der Waals surface area contributed by atoms with Gasteiger partial charge in [0.15, 0.2) is 0 Å². The number of hydrogen-bond donors (Lipinski definition) is 1. The highest BCUT2D eigenvalue weighted by molar-refractivity contribution is 5.95. The van der Waals surface area contributed by atoms with Crippen LogP contribution in [0.15, 0.2) is 54.7 Å². The number of carbonyl (C=O) groups is 1. The quantitative estimate of drug-likeness (QED) is 0.801. The molecule has 0 spiro atoms. The Morgan fingerprint density at radius 3 is 2.73 bits per heavy atom. The number of nitrogens with one attached hydrogen (secondary N) is 1. The zero-order valence-electron chi connectivity index (χ0n) is 11.5. The summed E-state index contributed by atoms with van der Waals surface area (Å²) >= 11 is 0. The number of anilines is 1. The van der Waals surface area contributed by atoms with Gasteiger partial charge >= 0.3 is 0 Å². The van der Waals surface area contributed by atoms with Crippen LogP contribution in [0.25, 0.3) is 10.9 Å². The summed E-state index contributed by atoms with van der Waals surface area (Å²) in [5, 5.41) is 3.37. The maximum atomic E-state index is 13.5. The van der Waals surface area contributed by atoms with Crippen molar-refractivity contribution >= 4 is 22.5 Å². The highest BCUT2D eigenvalue weighted by Gasteiger charge is 2.11. The summed E-state index contributed by atoms with van der Waals surface area (Å²) in [6.07, 6.45) is 1.72. The van der Waals surface area contributed by atoms with E-state index in [4.69, 9.17) is 0 Å². The van der Waals surface area contributed by atoms with Gasteiger partial charge in [0.2, 0.25) is 5.91 Å². The van der Waals surface area contributed by atoms with Crippen molar-refractivity contribution in [2.24, 2.45) is 0 Å². The normalized spacial score (nSPS) is 10.6. The Bertz CT molecular complexity index is 844. The predicted molar refractivity (Wildman–Crippen MR) is 80.4 cm³/mol. The lowest BCUT2D eigenvalue weighted by Crippen LogP contribution is -2.15. The van der Waals surface area contributed by atoms with Crippen LogP contribution in [0.4, 0.5) is 14.5 Å². The van der Waals surface area contributed by atoms with Crippen molar-refractivity contribution in [3.05, 3.63) is 71.9 Å². The Labute approximate surface area is 125 Å². The van der Waals surface area contributed by atoms with Crippen LogP contribution in [0.1, 0.15) is 5.56 Å². The Morgan fingerprint density at radius 1 is 1.09 bits per heavy atom. The molecule has 1 N–H and O–H groups in total. The van der Waals surface area contributed by atoms with Gasteiger partial charge < -0.3 is 5.32 Å². The minimum Gasteiger partial charge on any atom is -0.323 e. The first-order chi connectivity index (χ1) is 10.6. The molecule has 2 aromatic carbocycles. The SMILES string of the molecule is O=C(Cc1cccc2cccnc12)Nc1ccc(F)cc1F. The van der Waals surface area contributed by atoms with E-state index in [0.29, 0.717) is 0 Å². The summed E-state index contributed by atoms with van der Waals surface area (Å²) in [5.41, 5.74) is 1.44. The number of rotatable bonds is 3. The van der Waals surface area contributed by atoms with E-state index < -0.39 is 11.6 Å². The molecule has 0 fully saturated rings. The van der Waals surface area contributed by atoms with Crippen LogP contribution >= 0.6 is 0 Å². The molecule has 1 heterocycles. The third kappa shape index (κ3) is 2.93. The zero-order chi connectivity index (χ0) is 15.5. The lowest BCUT2D eigenvalue weighted by molar-refractivity contribution is -0.115. The van der Waals surface area contributed by atoms with E-state index in [9.17, 15) is 13.6 Å². The number of para-hydroxylation sites is 1. The molecular weight excluding hydrogens is 286 g/mol. The molecule has 110 valence electrons. The third-order valence-electron chi connectivity index (χ3n) is 3.27. The van der Waals surface area contributed by atoms with Gasteiger partial charge in [-0.1, -0.05) is 24.3 Å². The Morgan fingerprint density at radius 2 is 1.91 bits per heavy atom. The molecule has 3 rings (SSSR count). The minimum atomic E-state index is -0.801. The highest BCUT2D eigenvalue weighted by atomic mass is 19.1. The smallest absolute Gasteiger partial charge is 0.228 e. The molecule has 0 aliphatic heterocycles. The summed E-state index contributed by atoms with van der Waals surface area (Å²) in [5.74, 6) is -1.87. The van der Waals surface area contributed by atoms with Crippen molar-refractivity contribution in [3.8, 4) is 0 Å². The van der Waals surface area contributed by atoms with Crippen molar-refractivity contribution in [2.45, 2.75) is 6.42 Å². The summed E-state index contributed by atoms with van der Waals surface area (Å²) in [7, 11) is 0. The Hall–Kier alpha value is -2.82. The minimum absolute atomic E-state index is 0.0420. The van der Waals surface area contributed by atoms with Gasteiger partial charge in [-0.15, -0.1) is 0 Å². The molecule has 0 aliphatic carbocycles. The number of aromatic nitrogens is 1. The Kier molecular flexibility index (Phi) is 3.78. The summed E-state index contributed by atoms with van der Waals surface area (Å²) in [4.78, 5) is 16.3. The molecule has 0 aliphatic rings. The molecule has 3 nitrogen and oxygen atoms in total. The summed E-state index contributed by atoms with van der Waals surface area (Å²) in [6, 6.07) is 12.3. The molecule has 3 aromatic rings. The number of amides is 1. The van der Waals surface area contributed by atoms with Crippen LogP contribution in [-0.4, -0.2) is 10.9 Å². The topological polar surface area (TPSA) is 42.0 Å². The fraction of sp³-hybridized carbons (Fsp3) is 0.0588. The van der Waals surface area contributed by atoms with Crippen LogP contribution in [0, 0.1) is 11.6 Å². The molecule has 22 heavy (non-hydrogen) atoms. The highest BCUT2D eigenvalue weighted by Crippen LogP contribution is 2.18. The van der Waals surface area contributed by atoms with E-state index in [1.54, 1.807) is 12.3 Å². The number of halogens is 2. The standard InChI is InChI=1S/C17H12F2N2O/c18-13-6-7-15(14(19)10-13)21-16(22)9-12-4-1-3-11-5-2-8-20-17(11)12/h1-8,10H,9H2,(H,21,22). The average molecular weight is 298 g/mol. The lowest BCUT2D eigenvalue weighted by atomic mass is 10.1. The van der Waals surface area contributed by atoms with E-state index in [2.05, 4.69) is 10.3 Å². The largest absolute Gasteiger partial charge is 0.323 e. The van der Waals surface area contributed by atoms with Gasteiger partial charge in [0, 0.05) is 17.6 Å². The lowest BCUT2D eigenvalue weighted by Gasteiger charge is -2.08. The molecule has 0 saturated heterocycles. The first-order valence-corrected chi connectivity index (χ1v) is 6.71. The van der Waals surface area contributed by atoms with Crippen LogP contribution in [0.5, 0.6) is 0 Å². The third-order valence-corrected chi connectivity index (χ3v) is 3.27. The molecule has 5 heteroatoms. The molecule has 0 atom stereocenters. The van der Waals surface area contributed by atoms with Gasteiger partial charge in [-0.05, 0) is 23.8 Å². The van der Waals surface area contributed by atoms with Gasteiger partial charge in [0.1, 0.15) is 11.6 Å². The second kappa shape index (κ2) is 5.89. The van der Waals surface area contributed by atoms with E-state index in [-0.39, 0.29) is 18.0 Å². The monoisotopic (exact) mass is 298 g/mol. The van der Waals surface area contributed by atoms with Crippen molar-refractivity contribution in [3.63, 3.8) is 0 Å². The van der Waals surface area contributed by atoms with Gasteiger partial charge in [-0.3, -0.25) is 9.78 Å². The van der Waals surface area contributed by atoms with Crippen LogP contribution in [-0.2, 0) is 11.2 Å². The number of benzene rings is 2. The van der Waals surface area contributed by atoms with Crippen molar-refractivity contribution in [1.29, 1.82) is 0 Å². The van der Waals surface area contributed by atoms with Crippen molar-refractivity contribution < 1.29 is 13.6 Å². The van der Waals surface area contributed by atoms with E-state index >= 15 is 0 Å². The van der Waals surface area contributed by atoms with Crippen molar-refractivity contribution in [2.75, 3.05) is 5.32 Å². The van der Waals surface area contributed by atoms with Gasteiger partial charge in [0.25, 0.3) is 0 Å². The fourth-order valence-electron chi connectivity index (χ4n) is 2.27. The van der Waals surface area contributed by atoms with E-state index in [1.807, 2.05) is 24.3 Å². The maximum absolute atomic E-state index is 13.5. The average Bonchev–Trinajstić information content (AvgIpc) is 2.50. The van der Waals surface area contributed by atoms with E-state index in [0.717, 1.165) is 28.6 Å². The molecule has 0 bridgehead atoms. The van der Waals surface area contributed by atoms with Gasteiger partial charge in [-0.2, -0.15) is 0 Å². The molecule has 1 amide bonds. The van der Waals surface area contributed by atoms with Gasteiger partial charge in [0.05, 0.1) is 17.6 Å². The number of fused-ring (bicyclic) bond motifs is 1. The van der Waals surface area contributed by atoms with Crippen LogP contribution in [0.2, 0.25) is 0 Å². The predicted octanol–water partition coefficient (Wildman–Crippen LogP) is 3.69. The van der Waals surface area contributed by atoms with E-state index in [1.165, 1.54) is 6.07 Å². The summed E-state index contributed by atoms with van der Waals surface area (Å²) < 4.78 is 26.4. The number of pyridine rings is 1. The second-order valence-corrected chi connectivity index (χ2v) is 4.84. The van der Waals surface area contributed by atoms with Crippen LogP contribution < -0.4 is 5.32 Å². The number of carbonyl (C=O) groups excluding carboxylic acids is 1. The number of nitrogens with zero attached hydrogens (tertiary/aromatic N) is 1. The number of hydrogen-bond acceptors (Lipinski definition) is 2. The van der Waals surface area contributed by atoms with Crippen LogP contribution in [0.3, 0.4) is 0 Å². The molecular formula is C17H12F2N2O. The zero-order valence-corrected chi connectivity index (χ0v) is 11.5. The summed E-state index contributed by atoms with van der Waals surface area (Å²) in [6.45, 7) is 0.